The Balaban J connectivity index is 1.10. The number of hydrogen-bond donors (Lipinski definition) is 0. The zero-order valence-electron chi connectivity index (χ0n) is 30.8. The Morgan fingerprint density at radius 3 is 1.59 bits per heavy atom. The van der Waals surface area contributed by atoms with Crippen molar-refractivity contribution in [1.29, 1.82) is 0 Å². The maximum absolute atomic E-state index is 11.5. The van der Waals surface area contributed by atoms with Gasteiger partial charge in [0.15, 0.2) is 6.29 Å². The van der Waals surface area contributed by atoms with Gasteiger partial charge >= 0.3 is 0 Å². The van der Waals surface area contributed by atoms with E-state index in [0.717, 1.165) is 88.6 Å². The van der Waals surface area contributed by atoms with Gasteiger partial charge in [-0.25, -0.2) is 0 Å². The number of thiophene rings is 2. The van der Waals surface area contributed by atoms with E-state index in [4.69, 9.17) is 9.47 Å². The highest BCUT2D eigenvalue weighted by Gasteiger charge is 2.17. The van der Waals surface area contributed by atoms with Gasteiger partial charge in [-0.05, 0) is 109 Å². The first kappa shape index (κ1) is 37.5. The number of aldehydes is 1. The fraction of sp³-hybridized carbons (Fsp3) is 0.267. The number of fused-ring (bicyclic) bond motifs is 1. The molecule has 9 heteroatoms. The summed E-state index contributed by atoms with van der Waals surface area (Å²) < 4.78 is 21.0. The van der Waals surface area contributed by atoms with E-state index >= 15 is 0 Å². The molecule has 6 nitrogen and oxygen atoms in total. The number of hydrogen-bond acceptors (Lipinski definition) is 9. The number of carbonyl (C=O) groups is 1. The van der Waals surface area contributed by atoms with Crippen LogP contribution in [-0.2, 0) is 0 Å². The van der Waals surface area contributed by atoms with E-state index < -0.39 is 0 Å². The first-order valence-corrected chi connectivity index (χ1v) is 21.3. The Labute approximate surface area is 330 Å². The lowest BCUT2D eigenvalue weighted by atomic mass is 10.1. The van der Waals surface area contributed by atoms with Crippen molar-refractivity contribution in [3.8, 4) is 42.1 Å². The second-order valence-corrected chi connectivity index (χ2v) is 16.0. The third kappa shape index (κ3) is 8.92. The van der Waals surface area contributed by atoms with Crippen molar-refractivity contribution in [2.24, 2.45) is 0 Å². The summed E-state index contributed by atoms with van der Waals surface area (Å²) in [5, 5.41) is 0. The highest BCUT2D eigenvalue weighted by atomic mass is 32.1. The summed E-state index contributed by atoms with van der Waals surface area (Å²) in [6, 6.07) is 38.2. The number of benzene rings is 4. The molecule has 3 aromatic heterocycles. The van der Waals surface area contributed by atoms with Gasteiger partial charge in [0.25, 0.3) is 0 Å². The molecule has 0 N–H and O–H groups in total. The van der Waals surface area contributed by atoms with Gasteiger partial charge in [0, 0.05) is 47.7 Å². The molecule has 0 atom stereocenters. The van der Waals surface area contributed by atoms with Gasteiger partial charge in [-0.15, -0.1) is 22.7 Å². The zero-order chi connectivity index (χ0) is 37.1. The topological polar surface area (TPSA) is 64.6 Å². The van der Waals surface area contributed by atoms with E-state index in [2.05, 4.69) is 125 Å². The van der Waals surface area contributed by atoms with Crippen molar-refractivity contribution in [3.05, 3.63) is 115 Å². The maximum atomic E-state index is 11.5. The monoisotopic (exact) mass is 771 g/mol. The number of ether oxygens (including phenoxy) is 2. The van der Waals surface area contributed by atoms with Crippen LogP contribution in [0.3, 0.4) is 0 Å². The van der Waals surface area contributed by atoms with Gasteiger partial charge < -0.3 is 14.4 Å². The number of anilines is 3. The van der Waals surface area contributed by atoms with Gasteiger partial charge in [-0.2, -0.15) is 8.75 Å². The minimum atomic E-state index is 0.573. The predicted molar refractivity (Wildman–Crippen MR) is 229 cm³/mol. The average molecular weight is 772 g/mol. The molecule has 0 fully saturated rings. The molecule has 0 unspecified atom stereocenters. The van der Waals surface area contributed by atoms with E-state index in [1.54, 1.807) is 22.7 Å². The molecular formula is C45H45N3O3S3. The first-order valence-electron chi connectivity index (χ1n) is 18.9. The van der Waals surface area contributed by atoms with Crippen LogP contribution < -0.4 is 14.4 Å². The lowest BCUT2D eigenvalue weighted by Gasteiger charge is -2.26. The minimum absolute atomic E-state index is 0.573. The lowest BCUT2D eigenvalue weighted by molar-refractivity contribution is 0.112. The van der Waals surface area contributed by atoms with Crippen LogP contribution in [0.5, 0.6) is 11.5 Å². The summed E-state index contributed by atoms with van der Waals surface area (Å²) in [5.74, 6) is 1.79. The Morgan fingerprint density at radius 2 is 1.04 bits per heavy atom. The second-order valence-electron chi connectivity index (χ2n) is 13.3. The van der Waals surface area contributed by atoms with E-state index in [1.807, 2.05) is 12.1 Å². The molecule has 0 amide bonds. The number of carbonyl (C=O) groups excluding carboxylic acids is 1. The van der Waals surface area contributed by atoms with Crippen molar-refractivity contribution in [1.82, 2.24) is 8.75 Å². The molecular weight excluding hydrogens is 727 g/mol. The molecule has 0 aliphatic carbocycles. The minimum Gasteiger partial charge on any atom is -0.494 e. The Morgan fingerprint density at radius 1 is 0.537 bits per heavy atom. The molecule has 276 valence electrons. The fourth-order valence-corrected chi connectivity index (χ4v) is 9.18. The molecule has 0 radical (unpaired) electrons. The molecule has 7 aromatic rings. The fourth-order valence-electron chi connectivity index (χ4n) is 6.46. The van der Waals surface area contributed by atoms with Gasteiger partial charge in [0.1, 0.15) is 22.5 Å². The van der Waals surface area contributed by atoms with Crippen molar-refractivity contribution < 1.29 is 14.3 Å². The molecule has 0 aliphatic rings. The van der Waals surface area contributed by atoms with Crippen molar-refractivity contribution in [2.45, 2.75) is 65.2 Å². The quantitative estimate of drug-likeness (QED) is 0.0603. The van der Waals surface area contributed by atoms with E-state index in [0.29, 0.717) is 11.1 Å². The van der Waals surface area contributed by atoms with Gasteiger partial charge in [0.2, 0.25) is 0 Å². The van der Waals surface area contributed by atoms with Crippen molar-refractivity contribution in [3.63, 3.8) is 0 Å². The standard InChI is InChI=1S/C45H45N3O3S3/c1-3-5-7-9-29-50-37-20-16-35(17-21-37)48(36-18-22-38(23-19-36)51-30-10-8-6-4-2)34-14-11-32(12-15-34)40-25-27-42(52-40)43-28-26-41(53-43)39-24-13-33(31-49)44-45(39)47-54-46-44/h11-28,31H,3-10,29-30H2,1-2H3. The van der Waals surface area contributed by atoms with Crippen molar-refractivity contribution in [2.75, 3.05) is 18.1 Å². The molecule has 0 saturated carbocycles. The molecule has 0 saturated heterocycles. The molecule has 54 heavy (non-hydrogen) atoms. The van der Waals surface area contributed by atoms with E-state index in [1.165, 1.54) is 58.7 Å². The van der Waals surface area contributed by atoms with Gasteiger partial charge in [0.05, 0.1) is 24.9 Å². The maximum Gasteiger partial charge on any atom is 0.152 e. The number of aromatic nitrogens is 2. The second kappa shape index (κ2) is 18.5. The Kier molecular flexibility index (Phi) is 12.8. The van der Waals surface area contributed by atoms with Gasteiger partial charge in [-0.1, -0.05) is 70.6 Å². The zero-order valence-corrected chi connectivity index (χ0v) is 33.3. The highest BCUT2D eigenvalue weighted by molar-refractivity contribution is 7.25. The molecule has 7 rings (SSSR count). The normalized spacial score (nSPS) is 11.2. The lowest BCUT2D eigenvalue weighted by Crippen LogP contribution is -2.10. The molecule has 0 bridgehead atoms. The SMILES string of the molecule is CCCCCCOc1ccc(N(c2ccc(OCCCCCC)cc2)c2ccc(-c3ccc(-c4ccc(-c5ccc(C=O)c6nsnc56)s4)s3)cc2)cc1. The summed E-state index contributed by atoms with van der Waals surface area (Å²) in [7, 11) is 0. The number of unbranched alkanes of at least 4 members (excludes halogenated alkanes) is 6. The Bertz CT molecular complexity index is 2180. The predicted octanol–water partition coefficient (Wildman–Crippen LogP) is 14.0. The first-order chi connectivity index (χ1) is 26.6. The van der Waals surface area contributed by atoms with Gasteiger partial charge in [-0.3, -0.25) is 4.79 Å². The van der Waals surface area contributed by atoms with Crippen LogP contribution in [0.2, 0.25) is 0 Å². The smallest absolute Gasteiger partial charge is 0.152 e. The summed E-state index contributed by atoms with van der Waals surface area (Å²) in [5.41, 5.74) is 7.40. The molecule has 3 heterocycles. The average Bonchev–Trinajstić information content (AvgIpc) is 4.01. The van der Waals surface area contributed by atoms with Crippen LogP contribution in [0.4, 0.5) is 17.1 Å². The molecule has 0 spiro atoms. The summed E-state index contributed by atoms with van der Waals surface area (Å²) in [6.07, 6.45) is 10.3. The Hall–Kier alpha value is -4.83. The summed E-state index contributed by atoms with van der Waals surface area (Å²) in [4.78, 5) is 18.5. The van der Waals surface area contributed by atoms with E-state index in [9.17, 15) is 4.79 Å². The van der Waals surface area contributed by atoms with Crippen LogP contribution in [0.1, 0.15) is 75.6 Å². The number of rotatable bonds is 19. The van der Waals surface area contributed by atoms with Crippen LogP contribution in [-0.4, -0.2) is 28.2 Å². The molecule has 4 aromatic carbocycles. The van der Waals surface area contributed by atoms with E-state index in [-0.39, 0.29) is 0 Å². The van der Waals surface area contributed by atoms with Crippen LogP contribution in [0.15, 0.2) is 109 Å². The third-order valence-electron chi connectivity index (χ3n) is 9.43. The summed E-state index contributed by atoms with van der Waals surface area (Å²) >= 11 is 4.66. The largest absolute Gasteiger partial charge is 0.494 e. The number of nitrogens with zero attached hydrogens (tertiary/aromatic N) is 3. The van der Waals surface area contributed by atoms with Crippen LogP contribution >= 0.6 is 34.4 Å². The third-order valence-corrected chi connectivity index (χ3v) is 12.4. The van der Waals surface area contributed by atoms with Crippen LogP contribution in [0.25, 0.3) is 41.7 Å². The highest BCUT2D eigenvalue weighted by Crippen LogP contribution is 2.43. The summed E-state index contributed by atoms with van der Waals surface area (Å²) in [6.45, 7) is 5.94. The van der Waals surface area contributed by atoms with Crippen molar-refractivity contribution >= 4 is 68.8 Å². The van der Waals surface area contributed by atoms with Crippen LogP contribution in [0, 0.1) is 0 Å². The molecule has 0 aliphatic heterocycles.